The first-order valence-electron chi connectivity index (χ1n) is 9.91. The molecule has 0 saturated carbocycles. The monoisotopic (exact) mass is 423 g/mol. The van der Waals surface area contributed by atoms with Gasteiger partial charge < -0.3 is 15.4 Å². The molecule has 0 bridgehead atoms. The van der Waals surface area contributed by atoms with Gasteiger partial charge in [0.25, 0.3) is 5.91 Å². The standard InChI is InChI=1S/C20H29N3O5S/c1-6-9-20(10-7-2)18(26)23(19(27)22-20)11-14(24)21-16-15(17(25)28-8-3)12(4)13(5)29-16/h6-11H2,1-5H3,(H,21,24)(H,22,27). The number of ether oxygens (including phenoxy) is 1. The summed E-state index contributed by atoms with van der Waals surface area (Å²) in [7, 11) is 0. The predicted molar refractivity (Wildman–Crippen MR) is 111 cm³/mol. The molecule has 2 N–H and O–H groups in total. The molecule has 2 heterocycles. The van der Waals surface area contributed by atoms with Crippen molar-refractivity contribution >= 4 is 40.2 Å². The zero-order valence-corrected chi connectivity index (χ0v) is 18.5. The Kier molecular flexibility index (Phi) is 7.40. The van der Waals surface area contributed by atoms with E-state index in [1.54, 1.807) is 13.8 Å². The minimum Gasteiger partial charge on any atom is -0.462 e. The number of carbonyl (C=O) groups excluding carboxylic acids is 4. The Morgan fingerprint density at radius 1 is 1.14 bits per heavy atom. The van der Waals surface area contributed by atoms with Crippen molar-refractivity contribution in [3.8, 4) is 0 Å². The normalized spacial score (nSPS) is 15.4. The van der Waals surface area contributed by atoms with Gasteiger partial charge in [0.2, 0.25) is 5.91 Å². The summed E-state index contributed by atoms with van der Waals surface area (Å²) < 4.78 is 5.08. The number of hydrogen-bond acceptors (Lipinski definition) is 6. The van der Waals surface area contributed by atoms with Crippen LogP contribution in [0, 0.1) is 13.8 Å². The first-order chi connectivity index (χ1) is 13.7. The highest BCUT2D eigenvalue weighted by Gasteiger charge is 2.50. The summed E-state index contributed by atoms with van der Waals surface area (Å²) >= 11 is 1.26. The zero-order valence-electron chi connectivity index (χ0n) is 17.6. The lowest BCUT2D eigenvalue weighted by molar-refractivity contribution is -0.134. The molecule has 2 rings (SSSR count). The van der Waals surface area contributed by atoms with E-state index in [-0.39, 0.29) is 12.5 Å². The van der Waals surface area contributed by atoms with E-state index in [0.717, 1.165) is 28.2 Å². The van der Waals surface area contributed by atoms with E-state index in [0.29, 0.717) is 23.4 Å². The van der Waals surface area contributed by atoms with Gasteiger partial charge in [0, 0.05) is 4.88 Å². The second-order valence-corrected chi connectivity index (χ2v) is 8.38. The maximum Gasteiger partial charge on any atom is 0.341 e. The van der Waals surface area contributed by atoms with Gasteiger partial charge in [-0.05, 0) is 39.2 Å². The second-order valence-electron chi connectivity index (χ2n) is 7.16. The molecular formula is C20H29N3O5S. The van der Waals surface area contributed by atoms with Crippen molar-refractivity contribution < 1.29 is 23.9 Å². The fourth-order valence-corrected chi connectivity index (χ4v) is 4.68. The molecule has 160 valence electrons. The molecule has 0 atom stereocenters. The van der Waals surface area contributed by atoms with Crippen LogP contribution in [0.3, 0.4) is 0 Å². The average Bonchev–Trinajstić information content (AvgIpc) is 3.04. The number of thiophene rings is 1. The van der Waals surface area contributed by atoms with Gasteiger partial charge >= 0.3 is 12.0 Å². The van der Waals surface area contributed by atoms with Gasteiger partial charge in [-0.2, -0.15) is 0 Å². The van der Waals surface area contributed by atoms with Crippen molar-refractivity contribution in [2.75, 3.05) is 18.5 Å². The fourth-order valence-electron chi connectivity index (χ4n) is 3.61. The Bertz CT molecular complexity index is 811. The van der Waals surface area contributed by atoms with Crippen molar-refractivity contribution in [2.24, 2.45) is 0 Å². The van der Waals surface area contributed by atoms with Crippen LogP contribution in [0.1, 0.15) is 67.3 Å². The van der Waals surface area contributed by atoms with Crippen LogP contribution in [0.15, 0.2) is 0 Å². The molecule has 9 heteroatoms. The van der Waals surface area contributed by atoms with Gasteiger partial charge in [-0.3, -0.25) is 14.5 Å². The molecule has 29 heavy (non-hydrogen) atoms. The minimum absolute atomic E-state index is 0.222. The molecule has 1 aromatic heterocycles. The van der Waals surface area contributed by atoms with E-state index in [1.807, 2.05) is 20.8 Å². The number of carbonyl (C=O) groups is 4. The topological polar surface area (TPSA) is 105 Å². The van der Waals surface area contributed by atoms with Crippen molar-refractivity contribution in [2.45, 2.75) is 65.8 Å². The maximum absolute atomic E-state index is 12.9. The number of esters is 1. The number of nitrogens with one attached hydrogen (secondary N) is 2. The minimum atomic E-state index is -0.937. The number of rotatable bonds is 9. The molecule has 1 aromatic rings. The van der Waals surface area contributed by atoms with Gasteiger partial charge in [0.1, 0.15) is 17.1 Å². The molecule has 1 fully saturated rings. The van der Waals surface area contributed by atoms with Gasteiger partial charge in [-0.1, -0.05) is 26.7 Å². The van der Waals surface area contributed by atoms with Crippen LogP contribution in [-0.4, -0.2) is 47.4 Å². The summed E-state index contributed by atoms with van der Waals surface area (Å²) in [5.74, 6) is -1.42. The molecule has 1 aliphatic heterocycles. The third kappa shape index (κ3) is 4.60. The third-order valence-corrected chi connectivity index (χ3v) is 6.14. The molecule has 0 radical (unpaired) electrons. The van der Waals surface area contributed by atoms with Crippen molar-refractivity contribution in [1.29, 1.82) is 0 Å². The Morgan fingerprint density at radius 2 is 1.76 bits per heavy atom. The number of nitrogens with zero attached hydrogens (tertiary/aromatic N) is 1. The maximum atomic E-state index is 12.9. The molecule has 0 aromatic carbocycles. The van der Waals surface area contributed by atoms with Crippen LogP contribution in [0.25, 0.3) is 0 Å². The zero-order chi connectivity index (χ0) is 21.8. The van der Waals surface area contributed by atoms with Crippen molar-refractivity contribution in [3.63, 3.8) is 0 Å². The number of anilines is 1. The molecule has 4 amide bonds. The Balaban J connectivity index is 2.18. The molecule has 1 saturated heterocycles. The molecule has 0 aliphatic carbocycles. The highest BCUT2D eigenvalue weighted by atomic mass is 32.1. The van der Waals surface area contributed by atoms with Crippen LogP contribution < -0.4 is 10.6 Å². The first kappa shape index (κ1) is 22.9. The summed E-state index contributed by atoms with van der Waals surface area (Å²) in [4.78, 5) is 52.0. The molecule has 1 aliphatic rings. The average molecular weight is 424 g/mol. The van der Waals surface area contributed by atoms with E-state index < -0.39 is 30.0 Å². The van der Waals surface area contributed by atoms with Crippen LogP contribution >= 0.6 is 11.3 Å². The summed E-state index contributed by atoms with van der Waals surface area (Å²) in [6, 6.07) is -0.559. The quantitative estimate of drug-likeness (QED) is 0.468. The smallest absolute Gasteiger partial charge is 0.341 e. The Labute approximate surface area is 175 Å². The van der Waals surface area contributed by atoms with E-state index in [1.165, 1.54) is 11.3 Å². The lowest BCUT2D eigenvalue weighted by Crippen LogP contribution is -2.47. The van der Waals surface area contributed by atoms with Gasteiger partial charge in [-0.25, -0.2) is 9.59 Å². The number of urea groups is 1. The lowest BCUT2D eigenvalue weighted by Gasteiger charge is -2.25. The summed E-state index contributed by atoms with van der Waals surface area (Å²) in [6.45, 7) is 9.06. The predicted octanol–water partition coefficient (Wildman–Crippen LogP) is 3.37. The number of hydrogen-bond donors (Lipinski definition) is 2. The van der Waals surface area contributed by atoms with E-state index in [4.69, 9.17) is 4.74 Å². The highest BCUT2D eigenvalue weighted by molar-refractivity contribution is 7.16. The first-order valence-corrected chi connectivity index (χ1v) is 10.7. The third-order valence-electron chi connectivity index (χ3n) is 5.02. The van der Waals surface area contributed by atoms with Gasteiger partial charge in [-0.15, -0.1) is 11.3 Å². The number of imide groups is 1. The second kappa shape index (κ2) is 9.39. The van der Waals surface area contributed by atoms with Crippen LogP contribution in [0.5, 0.6) is 0 Å². The van der Waals surface area contributed by atoms with E-state index >= 15 is 0 Å². The lowest BCUT2D eigenvalue weighted by atomic mass is 9.88. The SMILES string of the molecule is CCCC1(CCC)NC(=O)N(CC(=O)Nc2sc(C)c(C)c2C(=O)OCC)C1=O. The van der Waals surface area contributed by atoms with Crippen molar-refractivity contribution in [3.05, 3.63) is 16.0 Å². The number of aryl methyl sites for hydroxylation is 1. The largest absolute Gasteiger partial charge is 0.462 e. The van der Waals surface area contributed by atoms with Crippen LogP contribution in [0.4, 0.5) is 9.80 Å². The van der Waals surface area contributed by atoms with Gasteiger partial charge in [0.15, 0.2) is 0 Å². The molecule has 8 nitrogen and oxygen atoms in total. The highest BCUT2D eigenvalue weighted by Crippen LogP contribution is 2.33. The Hall–Kier alpha value is -2.42. The summed E-state index contributed by atoms with van der Waals surface area (Å²) in [6.07, 6.45) is 2.53. The van der Waals surface area contributed by atoms with E-state index in [2.05, 4.69) is 10.6 Å². The Morgan fingerprint density at radius 3 is 2.31 bits per heavy atom. The van der Waals surface area contributed by atoms with Crippen LogP contribution in [-0.2, 0) is 14.3 Å². The molecule has 0 unspecified atom stereocenters. The molecule has 0 spiro atoms. The summed E-state index contributed by atoms with van der Waals surface area (Å²) in [5.41, 5.74) is 0.113. The number of amides is 4. The molecular weight excluding hydrogens is 394 g/mol. The van der Waals surface area contributed by atoms with Gasteiger partial charge in [0.05, 0.1) is 12.2 Å². The van der Waals surface area contributed by atoms with E-state index in [9.17, 15) is 19.2 Å². The summed E-state index contributed by atoms with van der Waals surface area (Å²) in [5, 5.41) is 5.82. The van der Waals surface area contributed by atoms with Crippen molar-refractivity contribution in [1.82, 2.24) is 10.2 Å². The fraction of sp³-hybridized carbons (Fsp3) is 0.600. The van der Waals surface area contributed by atoms with Crippen LogP contribution in [0.2, 0.25) is 0 Å².